The molecule has 0 aliphatic carbocycles. The van der Waals surface area contributed by atoms with Crippen LogP contribution in [0, 0.1) is 0 Å². The molecule has 0 radical (unpaired) electrons. The third-order valence-corrected chi connectivity index (χ3v) is 4.24. The van der Waals surface area contributed by atoms with E-state index in [9.17, 15) is 9.90 Å². The molecule has 5 heteroatoms. The van der Waals surface area contributed by atoms with Crippen molar-refractivity contribution in [3.05, 3.63) is 35.9 Å². The third kappa shape index (κ3) is 3.67. The van der Waals surface area contributed by atoms with Crippen LogP contribution in [0.25, 0.3) is 0 Å². The van der Waals surface area contributed by atoms with Crippen molar-refractivity contribution in [2.45, 2.75) is 37.9 Å². The maximum atomic E-state index is 12.2. The number of carbonyl (C=O) groups excluding carboxylic acids is 1. The molecule has 0 bridgehead atoms. The minimum Gasteiger partial charge on any atom is -0.444 e. The summed E-state index contributed by atoms with van der Waals surface area (Å²) in [6.45, 7) is 6.14. The highest BCUT2D eigenvalue weighted by atomic mass is 32.2. The molecule has 1 aliphatic rings. The zero-order valence-electron chi connectivity index (χ0n) is 12.1. The maximum absolute atomic E-state index is 12.2. The zero-order chi connectivity index (χ0) is 14.8. The van der Waals surface area contributed by atoms with E-state index in [2.05, 4.69) is 0 Å². The lowest BCUT2D eigenvalue weighted by Crippen LogP contribution is -2.41. The number of aliphatic hydroxyl groups excluding tert-OH is 1. The second-order valence-electron chi connectivity index (χ2n) is 5.79. The summed E-state index contributed by atoms with van der Waals surface area (Å²) in [5.74, 6) is 0.813. The fraction of sp³-hybridized carbons (Fsp3) is 0.533. The summed E-state index contributed by atoms with van der Waals surface area (Å²) in [5, 5.41) is 10.2. The van der Waals surface area contributed by atoms with E-state index in [1.54, 1.807) is 16.7 Å². The molecule has 1 saturated heterocycles. The smallest absolute Gasteiger partial charge is 0.411 e. The molecular weight excluding hydrogens is 274 g/mol. The standard InChI is InChI=1S/C15H21NO3S/c1-15(2,3)19-14(18)16-9-10-20-13(16)12(17)11-7-5-4-6-8-11/h4-8,12-13,17H,9-10H2,1-3H3/t12-,13+/m1/s1. The molecule has 0 spiro atoms. The molecule has 1 aliphatic heterocycles. The number of thioether (sulfide) groups is 1. The Hall–Kier alpha value is -1.20. The van der Waals surface area contributed by atoms with Gasteiger partial charge in [0.25, 0.3) is 0 Å². The Kier molecular flexibility index (Phi) is 4.60. The van der Waals surface area contributed by atoms with Crippen LogP contribution in [-0.2, 0) is 4.74 Å². The van der Waals surface area contributed by atoms with Gasteiger partial charge in [-0.1, -0.05) is 30.3 Å². The predicted molar refractivity (Wildman–Crippen MR) is 80.6 cm³/mol. The summed E-state index contributed by atoms with van der Waals surface area (Å²) in [7, 11) is 0. The lowest BCUT2D eigenvalue weighted by atomic mass is 10.1. The van der Waals surface area contributed by atoms with E-state index in [0.717, 1.165) is 11.3 Å². The molecule has 1 aromatic rings. The zero-order valence-corrected chi connectivity index (χ0v) is 12.9. The van der Waals surface area contributed by atoms with E-state index in [-0.39, 0.29) is 11.5 Å². The largest absolute Gasteiger partial charge is 0.444 e. The second kappa shape index (κ2) is 6.06. The topological polar surface area (TPSA) is 49.8 Å². The minimum absolute atomic E-state index is 0.285. The van der Waals surface area contributed by atoms with Crippen molar-refractivity contribution in [1.82, 2.24) is 4.90 Å². The van der Waals surface area contributed by atoms with E-state index < -0.39 is 11.7 Å². The van der Waals surface area contributed by atoms with Crippen molar-refractivity contribution < 1.29 is 14.6 Å². The van der Waals surface area contributed by atoms with Gasteiger partial charge in [-0.3, -0.25) is 4.90 Å². The number of amides is 1. The summed E-state index contributed by atoms with van der Waals surface area (Å²) in [5.41, 5.74) is 0.299. The Morgan fingerprint density at radius 1 is 1.40 bits per heavy atom. The van der Waals surface area contributed by atoms with Gasteiger partial charge in [-0.15, -0.1) is 11.8 Å². The number of aliphatic hydroxyl groups is 1. The van der Waals surface area contributed by atoms with Crippen molar-refractivity contribution >= 4 is 17.9 Å². The van der Waals surface area contributed by atoms with E-state index in [4.69, 9.17) is 4.74 Å². The monoisotopic (exact) mass is 295 g/mol. The number of rotatable bonds is 2. The number of hydrogen-bond acceptors (Lipinski definition) is 4. The van der Waals surface area contributed by atoms with Gasteiger partial charge in [0.05, 0.1) is 0 Å². The van der Waals surface area contributed by atoms with Crippen LogP contribution in [0.5, 0.6) is 0 Å². The van der Waals surface area contributed by atoms with Gasteiger partial charge in [-0.05, 0) is 26.3 Å². The van der Waals surface area contributed by atoms with Gasteiger partial charge in [-0.25, -0.2) is 4.79 Å². The van der Waals surface area contributed by atoms with Gasteiger partial charge < -0.3 is 9.84 Å². The molecule has 1 amide bonds. The Labute approximate surface area is 124 Å². The molecule has 1 fully saturated rings. The first kappa shape index (κ1) is 15.2. The number of hydrogen-bond donors (Lipinski definition) is 1. The summed E-state index contributed by atoms with van der Waals surface area (Å²) >= 11 is 1.58. The van der Waals surface area contributed by atoms with Crippen LogP contribution in [0.2, 0.25) is 0 Å². The number of carbonyl (C=O) groups is 1. The predicted octanol–water partition coefficient (Wildman–Crippen LogP) is 3.03. The SMILES string of the molecule is CC(C)(C)OC(=O)N1CCS[C@H]1[C@H](O)c1ccccc1. The molecule has 4 nitrogen and oxygen atoms in total. The minimum atomic E-state index is -0.698. The summed E-state index contributed by atoms with van der Waals surface area (Å²) in [6.07, 6.45) is -1.06. The fourth-order valence-electron chi connectivity index (χ4n) is 2.08. The highest BCUT2D eigenvalue weighted by Gasteiger charge is 2.37. The van der Waals surface area contributed by atoms with Crippen molar-refractivity contribution in [1.29, 1.82) is 0 Å². The summed E-state index contributed by atoms with van der Waals surface area (Å²) in [6, 6.07) is 9.42. The fourth-order valence-corrected chi connectivity index (χ4v) is 3.34. The van der Waals surface area contributed by atoms with Crippen molar-refractivity contribution in [3.8, 4) is 0 Å². The molecule has 110 valence electrons. The van der Waals surface area contributed by atoms with Gasteiger partial charge >= 0.3 is 6.09 Å². The molecule has 0 aromatic heterocycles. The van der Waals surface area contributed by atoms with Crippen LogP contribution in [0.15, 0.2) is 30.3 Å². The van der Waals surface area contributed by atoms with Gasteiger partial charge in [0.1, 0.15) is 17.1 Å². The quantitative estimate of drug-likeness (QED) is 0.911. The van der Waals surface area contributed by atoms with Gasteiger partial charge in [0, 0.05) is 12.3 Å². The van der Waals surface area contributed by atoms with Crippen LogP contribution in [0.1, 0.15) is 32.4 Å². The number of ether oxygens (including phenoxy) is 1. The summed E-state index contributed by atoms with van der Waals surface area (Å²) in [4.78, 5) is 13.8. The third-order valence-electron chi connectivity index (χ3n) is 2.97. The molecule has 0 unspecified atom stereocenters. The average molecular weight is 295 g/mol. The highest BCUT2D eigenvalue weighted by molar-refractivity contribution is 8.00. The molecular formula is C15H21NO3S. The average Bonchev–Trinajstić information content (AvgIpc) is 2.86. The molecule has 20 heavy (non-hydrogen) atoms. The van der Waals surface area contributed by atoms with Crippen LogP contribution in [0.4, 0.5) is 4.79 Å². The van der Waals surface area contributed by atoms with E-state index in [0.29, 0.717) is 6.54 Å². The Balaban J connectivity index is 2.09. The van der Waals surface area contributed by atoms with E-state index in [1.807, 2.05) is 51.1 Å². The van der Waals surface area contributed by atoms with Crippen molar-refractivity contribution in [3.63, 3.8) is 0 Å². The van der Waals surface area contributed by atoms with Crippen LogP contribution in [0.3, 0.4) is 0 Å². The normalized spacial score (nSPS) is 20.8. The molecule has 1 N–H and O–H groups in total. The van der Waals surface area contributed by atoms with Gasteiger partial charge in [0.2, 0.25) is 0 Å². The van der Waals surface area contributed by atoms with Crippen LogP contribution >= 0.6 is 11.8 Å². The van der Waals surface area contributed by atoms with E-state index >= 15 is 0 Å². The van der Waals surface area contributed by atoms with Crippen molar-refractivity contribution in [2.24, 2.45) is 0 Å². The first-order valence-corrected chi connectivity index (χ1v) is 7.77. The molecule has 2 rings (SSSR count). The van der Waals surface area contributed by atoms with Crippen LogP contribution < -0.4 is 0 Å². The number of benzene rings is 1. The summed E-state index contributed by atoms with van der Waals surface area (Å²) < 4.78 is 5.40. The molecule has 2 atom stereocenters. The Morgan fingerprint density at radius 3 is 2.65 bits per heavy atom. The molecule has 1 heterocycles. The second-order valence-corrected chi connectivity index (χ2v) is 7.02. The Bertz CT molecular complexity index is 458. The first-order valence-electron chi connectivity index (χ1n) is 6.73. The van der Waals surface area contributed by atoms with Crippen molar-refractivity contribution in [2.75, 3.05) is 12.3 Å². The first-order chi connectivity index (χ1) is 9.38. The van der Waals surface area contributed by atoms with E-state index in [1.165, 1.54) is 0 Å². The molecule has 1 aromatic carbocycles. The lowest BCUT2D eigenvalue weighted by molar-refractivity contribution is 0.0133. The number of nitrogens with zero attached hydrogens (tertiary/aromatic N) is 1. The van der Waals surface area contributed by atoms with Gasteiger partial charge in [0.15, 0.2) is 0 Å². The van der Waals surface area contributed by atoms with Gasteiger partial charge in [-0.2, -0.15) is 0 Å². The Morgan fingerprint density at radius 2 is 2.05 bits per heavy atom. The van der Waals surface area contributed by atoms with Crippen LogP contribution in [-0.4, -0.2) is 39.4 Å². The maximum Gasteiger partial charge on any atom is 0.411 e. The molecule has 0 saturated carbocycles. The lowest BCUT2D eigenvalue weighted by Gasteiger charge is -2.30. The highest BCUT2D eigenvalue weighted by Crippen LogP contribution is 2.34.